The number of halogens is 1. The van der Waals surface area contributed by atoms with Crippen molar-refractivity contribution in [1.82, 2.24) is 19.7 Å². The van der Waals surface area contributed by atoms with Crippen molar-refractivity contribution in [2.24, 2.45) is 0 Å². The zero-order chi connectivity index (χ0) is 19.7. The van der Waals surface area contributed by atoms with Crippen LogP contribution in [0.25, 0.3) is 5.95 Å². The number of carbonyl (C=O) groups is 1. The van der Waals surface area contributed by atoms with E-state index in [1.165, 1.54) is 6.07 Å². The first-order valence-electron chi connectivity index (χ1n) is 8.68. The normalized spacial score (nSPS) is 10.9. The SMILES string of the molecule is Cc1ccc(F)c(NC(=O)Cc2c(C)nn(-c3nc(C)cc(C)n3)c2C)c1. The number of rotatable bonds is 4. The van der Waals surface area contributed by atoms with Crippen molar-refractivity contribution in [3.63, 3.8) is 0 Å². The summed E-state index contributed by atoms with van der Waals surface area (Å²) in [5.74, 6) is -0.280. The highest BCUT2D eigenvalue weighted by Gasteiger charge is 2.18. The van der Waals surface area contributed by atoms with Crippen LogP contribution in [0.1, 0.15) is 33.9 Å². The number of anilines is 1. The molecular formula is C20H22FN5O. The highest BCUT2D eigenvalue weighted by molar-refractivity contribution is 5.92. The molecular weight excluding hydrogens is 345 g/mol. The van der Waals surface area contributed by atoms with E-state index in [2.05, 4.69) is 20.4 Å². The quantitative estimate of drug-likeness (QED) is 0.766. The minimum atomic E-state index is -0.457. The van der Waals surface area contributed by atoms with Crippen molar-refractivity contribution in [3.05, 3.63) is 64.0 Å². The third kappa shape index (κ3) is 4.02. The van der Waals surface area contributed by atoms with Gasteiger partial charge in [-0.3, -0.25) is 4.79 Å². The van der Waals surface area contributed by atoms with Gasteiger partial charge in [-0.25, -0.2) is 19.0 Å². The Labute approximate surface area is 157 Å². The molecule has 1 aromatic carbocycles. The number of carbonyl (C=O) groups excluding carboxylic acids is 1. The number of hydrogen-bond donors (Lipinski definition) is 1. The Morgan fingerprint density at radius 1 is 1.07 bits per heavy atom. The van der Waals surface area contributed by atoms with Gasteiger partial charge in [0.15, 0.2) is 0 Å². The molecule has 27 heavy (non-hydrogen) atoms. The van der Waals surface area contributed by atoms with Crippen molar-refractivity contribution < 1.29 is 9.18 Å². The summed E-state index contributed by atoms with van der Waals surface area (Å²) in [6.45, 7) is 9.35. The summed E-state index contributed by atoms with van der Waals surface area (Å²) >= 11 is 0. The van der Waals surface area contributed by atoms with Gasteiger partial charge in [0.25, 0.3) is 5.95 Å². The van der Waals surface area contributed by atoms with Gasteiger partial charge in [0.2, 0.25) is 5.91 Å². The van der Waals surface area contributed by atoms with Gasteiger partial charge in [0, 0.05) is 22.6 Å². The Morgan fingerprint density at radius 2 is 1.74 bits per heavy atom. The van der Waals surface area contributed by atoms with E-state index in [1.54, 1.807) is 16.8 Å². The molecule has 0 saturated carbocycles. The third-order valence-electron chi connectivity index (χ3n) is 4.33. The predicted octanol–water partition coefficient (Wildman–Crippen LogP) is 3.52. The van der Waals surface area contributed by atoms with Crippen LogP contribution < -0.4 is 5.32 Å². The van der Waals surface area contributed by atoms with E-state index in [4.69, 9.17) is 0 Å². The summed E-state index contributed by atoms with van der Waals surface area (Å²) in [5.41, 5.74) is 5.04. The van der Waals surface area contributed by atoms with Crippen molar-refractivity contribution in [2.75, 3.05) is 5.32 Å². The molecule has 0 aliphatic carbocycles. The third-order valence-corrected chi connectivity index (χ3v) is 4.33. The first-order chi connectivity index (χ1) is 12.7. The summed E-state index contributed by atoms with van der Waals surface area (Å²) in [6, 6.07) is 6.50. The Hall–Kier alpha value is -3.09. The fourth-order valence-electron chi connectivity index (χ4n) is 3.02. The first-order valence-corrected chi connectivity index (χ1v) is 8.68. The molecule has 0 aliphatic rings. The maximum atomic E-state index is 13.9. The lowest BCUT2D eigenvalue weighted by Crippen LogP contribution is -2.16. The Kier molecular flexibility index (Phi) is 5.03. The molecule has 6 nitrogen and oxygen atoms in total. The molecule has 0 unspecified atom stereocenters. The second-order valence-corrected chi connectivity index (χ2v) is 6.72. The van der Waals surface area contributed by atoms with Gasteiger partial charge in [0.1, 0.15) is 5.82 Å². The molecule has 0 spiro atoms. The van der Waals surface area contributed by atoms with Crippen LogP contribution in [0.3, 0.4) is 0 Å². The van der Waals surface area contributed by atoms with Gasteiger partial charge in [0.05, 0.1) is 17.8 Å². The number of aryl methyl sites for hydroxylation is 4. The van der Waals surface area contributed by atoms with Gasteiger partial charge in [-0.2, -0.15) is 5.10 Å². The molecule has 3 rings (SSSR count). The van der Waals surface area contributed by atoms with Crippen LogP contribution >= 0.6 is 0 Å². The molecule has 2 heterocycles. The van der Waals surface area contributed by atoms with Crippen LogP contribution in [0, 0.1) is 40.4 Å². The lowest BCUT2D eigenvalue weighted by Gasteiger charge is -2.08. The summed E-state index contributed by atoms with van der Waals surface area (Å²) < 4.78 is 15.5. The van der Waals surface area contributed by atoms with Gasteiger partial charge in [-0.1, -0.05) is 6.07 Å². The second kappa shape index (κ2) is 7.26. The zero-order valence-electron chi connectivity index (χ0n) is 16.1. The maximum Gasteiger partial charge on any atom is 0.251 e. The highest BCUT2D eigenvalue weighted by atomic mass is 19.1. The van der Waals surface area contributed by atoms with E-state index in [0.29, 0.717) is 5.95 Å². The standard InChI is InChI=1S/C20H22FN5O/c1-11-6-7-17(21)18(8-11)24-19(27)10-16-14(4)25-26(15(16)5)20-22-12(2)9-13(3)23-20/h6-9H,10H2,1-5H3,(H,24,27). The Bertz CT molecular complexity index is 1010. The van der Waals surface area contributed by atoms with Gasteiger partial charge >= 0.3 is 0 Å². The van der Waals surface area contributed by atoms with E-state index in [1.807, 2.05) is 40.7 Å². The van der Waals surface area contributed by atoms with Crippen molar-refractivity contribution in [1.29, 1.82) is 0 Å². The van der Waals surface area contributed by atoms with Crippen LogP contribution in [-0.2, 0) is 11.2 Å². The smallest absolute Gasteiger partial charge is 0.251 e. The molecule has 1 amide bonds. The molecule has 0 saturated heterocycles. The average molecular weight is 367 g/mol. The van der Waals surface area contributed by atoms with Gasteiger partial charge < -0.3 is 5.32 Å². The van der Waals surface area contributed by atoms with Crippen LogP contribution in [0.15, 0.2) is 24.3 Å². The first kappa shape index (κ1) is 18.7. The number of amides is 1. The van der Waals surface area contributed by atoms with E-state index >= 15 is 0 Å². The molecule has 0 fully saturated rings. The monoisotopic (exact) mass is 367 g/mol. The van der Waals surface area contributed by atoms with Gasteiger partial charge in [-0.05, 0) is 58.4 Å². The van der Waals surface area contributed by atoms with Crippen molar-refractivity contribution in [3.8, 4) is 5.95 Å². The average Bonchev–Trinajstić information content (AvgIpc) is 2.85. The molecule has 0 radical (unpaired) electrons. The lowest BCUT2D eigenvalue weighted by atomic mass is 10.1. The summed E-state index contributed by atoms with van der Waals surface area (Å²) in [4.78, 5) is 21.3. The Morgan fingerprint density at radius 3 is 2.41 bits per heavy atom. The van der Waals surface area contributed by atoms with Crippen LogP contribution in [0.5, 0.6) is 0 Å². The molecule has 1 N–H and O–H groups in total. The number of benzene rings is 1. The second-order valence-electron chi connectivity index (χ2n) is 6.72. The van der Waals surface area contributed by atoms with Crippen LogP contribution in [-0.4, -0.2) is 25.7 Å². The maximum absolute atomic E-state index is 13.9. The highest BCUT2D eigenvalue weighted by Crippen LogP contribution is 2.19. The van der Waals surface area contributed by atoms with Crippen LogP contribution in [0.2, 0.25) is 0 Å². The summed E-state index contributed by atoms with van der Waals surface area (Å²) in [6.07, 6.45) is 0.0931. The van der Waals surface area contributed by atoms with E-state index < -0.39 is 5.82 Å². The summed E-state index contributed by atoms with van der Waals surface area (Å²) in [7, 11) is 0. The van der Waals surface area contributed by atoms with Crippen LogP contribution in [0.4, 0.5) is 10.1 Å². The number of aromatic nitrogens is 4. The molecule has 2 aromatic heterocycles. The van der Waals surface area contributed by atoms with Gasteiger partial charge in [-0.15, -0.1) is 0 Å². The Balaban J connectivity index is 1.86. The minimum Gasteiger partial charge on any atom is -0.323 e. The summed E-state index contributed by atoms with van der Waals surface area (Å²) in [5, 5.41) is 7.13. The minimum absolute atomic E-state index is 0.0931. The predicted molar refractivity (Wildman–Crippen MR) is 102 cm³/mol. The topological polar surface area (TPSA) is 72.7 Å². The van der Waals surface area contributed by atoms with E-state index in [-0.39, 0.29) is 18.0 Å². The molecule has 0 aliphatic heterocycles. The fourth-order valence-corrected chi connectivity index (χ4v) is 3.02. The zero-order valence-corrected chi connectivity index (χ0v) is 16.1. The van der Waals surface area contributed by atoms with E-state index in [9.17, 15) is 9.18 Å². The molecule has 140 valence electrons. The fraction of sp³-hybridized carbons (Fsp3) is 0.300. The van der Waals surface area contributed by atoms with Crippen molar-refractivity contribution >= 4 is 11.6 Å². The molecule has 3 aromatic rings. The van der Waals surface area contributed by atoms with Crippen molar-refractivity contribution in [2.45, 2.75) is 41.0 Å². The number of hydrogen-bond acceptors (Lipinski definition) is 4. The van der Waals surface area contributed by atoms with E-state index in [0.717, 1.165) is 33.9 Å². The number of nitrogens with zero attached hydrogens (tertiary/aromatic N) is 4. The lowest BCUT2D eigenvalue weighted by molar-refractivity contribution is -0.115. The molecule has 0 atom stereocenters. The largest absolute Gasteiger partial charge is 0.323 e. The molecule has 0 bridgehead atoms. The molecule has 7 heteroatoms. The number of nitrogens with one attached hydrogen (secondary N) is 1.